The summed E-state index contributed by atoms with van der Waals surface area (Å²) >= 11 is 6.10. The van der Waals surface area contributed by atoms with Crippen LogP contribution in [0.2, 0.25) is 0 Å². The lowest BCUT2D eigenvalue weighted by atomic mass is 10.1. The first-order chi connectivity index (χ1) is 14.5. The van der Waals surface area contributed by atoms with E-state index in [-0.39, 0.29) is 22.3 Å². The summed E-state index contributed by atoms with van der Waals surface area (Å²) in [5, 5.41) is 2.61. The number of hydrogen-bond donors (Lipinski definition) is 1. The van der Waals surface area contributed by atoms with E-state index in [1.807, 2.05) is 4.90 Å². The zero-order valence-corrected chi connectivity index (χ0v) is 16.8. The summed E-state index contributed by atoms with van der Waals surface area (Å²) in [7, 11) is 0. The van der Waals surface area contributed by atoms with Crippen LogP contribution in [0.1, 0.15) is 29.6 Å². The van der Waals surface area contributed by atoms with Crippen molar-refractivity contribution in [2.75, 3.05) is 23.3 Å². The van der Waals surface area contributed by atoms with Gasteiger partial charge in [-0.2, -0.15) is 0 Å². The maximum Gasteiger partial charge on any atom is 0.283 e. The lowest BCUT2D eigenvalue weighted by Crippen LogP contribution is -2.35. The molecule has 0 saturated carbocycles. The minimum absolute atomic E-state index is 0.0203. The van der Waals surface area contributed by atoms with Gasteiger partial charge in [0.25, 0.3) is 17.7 Å². The van der Waals surface area contributed by atoms with Gasteiger partial charge in [0.15, 0.2) is 0 Å². The summed E-state index contributed by atoms with van der Waals surface area (Å²) in [6.45, 7) is 1.52. The van der Waals surface area contributed by atoms with Gasteiger partial charge in [0.05, 0.1) is 5.69 Å². The van der Waals surface area contributed by atoms with E-state index >= 15 is 0 Å². The highest BCUT2D eigenvalue weighted by atomic mass is 35.5. The van der Waals surface area contributed by atoms with Crippen LogP contribution in [-0.4, -0.2) is 35.7 Å². The van der Waals surface area contributed by atoms with Crippen LogP contribution in [-0.2, 0) is 9.59 Å². The van der Waals surface area contributed by atoms with Crippen LogP contribution in [0.25, 0.3) is 0 Å². The molecule has 2 heterocycles. The molecule has 1 saturated heterocycles. The monoisotopic (exact) mass is 427 g/mol. The fourth-order valence-electron chi connectivity index (χ4n) is 3.56. The van der Waals surface area contributed by atoms with Crippen molar-refractivity contribution in [3.63, 3.8) is 0 Å². The molecule has 0 spiro atoms. The average Bonchev–Trinajstić information content (AvgIpc) is 2.98. The summed E-state index contributed by atoms with van der Waals surface area (Å²) in [5.74, 6) is -1.82. The number of hydrogen-bond acceptors (Lipinski definition) is 4. The molecule has 0 atom stereocenters. The second kappa shape index (κ2) is 8.28. The van der Waals surface area contributed by atoms with E-state index in [4.69, 9.17) is 11.6 Å². The van der Waals surface area contributed by atoms with Gasteiger partial charge in [0, 0.05) is 24.3 Å². The van der Waals surface area contributed by atoms with Crippen LogP contribution in [0, 0.1) is 5.82 Å². The summed E-state index contributed by atoms with van der Waals surface area (Å²) in [6, 6.07) is 11.7. The highest BCUT2D eigenvalue weighted by Crippen LogP contribution is 2.30. The van der Waals surface area contributed by atoms with Crippen molar-refractivity contribution in [2.45, 2.75) is 19.3 Å². The van der Waals surface area contributed by atoms with Crippen molar-refractivity contribution in [1.29, 1.82) is 0 Å². The van der Waals surface area contributed by atoms with E-state index in [9.17, 15) is 18.8 Å². The molecule has 8 heteroatoms. The predicted molar refractivity (Wildman–Crippen MR) is 112 cm³/mol. The topological polar surface area (TPSA) is 69.7 Å². The number of carbonyl (C=O) groups is 3. The minimum Gasteiger partial charge on any atom is -0.350 e. The van der Waals surface area contributed by atoms with Crippen molar-refractivity contribution in [3.05, 3.63) is 70.6 Å². The number of rotatable bonds is 4. The van der Waals surface area contributed by atoms with Gasteiger partial charge in [-0.3, -0.25) is 14.4 Å². The quantitative estimate of drug-likeness (QED) is 0.751. The van der Waals surface area contributed by atoms with Gasteiger partial charge in [-0.15, -0.1) is 0 Å². The van der Waals surface area contributed by atoms with E-state index in [1.165, 1.54) is 12.1 Å². The summed E-state index contributed by atoms with van der Waals surface area (Å²) in [5.41, 5.74) is 1.23. The Hall–Kier alpha value is -3.19. The third kappa shape index (κ3) is 3.80. The molecule has 2 aromatic rings. The maximum absolute atomic E-state index is 13.2. The molecule has 6 nitrogen and oxygen atoms in total. The molecule has 2 aliphatic heterocycles. The van der Waals surface area contributed by atoms with Crippen LogP contribution < -0.4 is 10.2 Å². The Balaban J connectivity index is 1.49. The molecule has 0 bridgehead atoms. The van der Waals surface area contributed by atoms with Gasteiger partial charge < -0.3 is 10.2 Å². The third-order valence-electron chi connectivity index (χ3n) is 5.16. The lowest BCUT2D eigenvalue weighted by Gasteiger charge is -2.26. The zero-order valence-electron chi connectivity index (χ0n) is 16.0. The van der Waals surface area contributed by atoms with E-state index in [0.29, 0.717) is 11.3 Å². The molecule has 0 aliphatic carbocycles. The van der Waals surface area contributed by atoms with Crippen LogP contribution in [0.5, 0.6) is 0 Å². The lowest BCUT2D eigenvalue weighted by molar-refractivity contribution is -0.120. The average molecular weight is 428 g/mol. The number of anilines is 2. The molecule has 0 radical (unpaired) electrons. The Kier molecular flexibility index (Phi) is 5.55. The normalized spacial score (nSPS) is 17.0. The van der Waals surface area contributed by atoms with Crippen LogP contribution >= 0.6 is 11.6 Å². The molecular formula is C22H19ClFN3O3. The van der Waals surface area contributed by atoms with Crippen molar-refractivity contribution < 1.29 is 18.8 Å². The molecule has 3 amide bonds. The van der Waals surface area contributed by atoms with Crippen molar-refractivity contribution in [3.8, 4) is 0 Å². The van der Waals surface area contributed by atoms with Crippen molar-refractivity contribution in [1.82, 2.24) is 4.90 Å². The second-order valence-corrected chi connectivity index (χ2v) is 7.54. The number of nitrogens with zero attached hydrogens (tertiary/aromatic N) is 2. The van der Waals surface area contributed by atoms with Crippen molar-refractivity contribution in [2.24, 2.45) is 0 Å². The maximum atomic E-state index is 13.2. The van der Waals surface area contributed by atoms with Gasteiger partial charge >= 0.3 is 0 Å². The Morgan fingerprint density at radius 1 is 0.900 bits per heavy atom. The molecule has 0 unspecified atom stereocenters. The highest BCUT2D eigenvalue weighted by molar-refractivity contribution is 6.53. The van der Waals surface area contributed by atoms with E-state index in [0.717, 1.165) is 49.4 Å². The Morgan fingerprint density at radius 3 is 2.17 bits per heavy atom. The van der Waals surface area contributed by atoms with Gasteiger partial charge in [-0.1, -0.05) is 11.6 Å². The second-order valence-electron chi connectivity index (χ2n) is 7.17. The smallest absolute Gasteiger partial charge is 0.283 e. The zero-order chi connectivity index (χ0) is 21.3. The minimum atomic E-state index is -0.687. The molecule has 30 heavy (non-hydrogen) atoms. The summed E-state index contributed by atoms with van der Waals surface area (Å²) in [4.78, 5) is 40.5. The number of halogens is 2. The first-order valence-corrected chi connectivity index (χ1v) is 10.0. The Morgan fingerprint density at radius 2 is 1.53 bits per heavy atom. The van der Waals surface area contributed by atoms with Gasteiger partial charge in [-0.25, -0.2) is 9.29 Å². The molecule has 2 aliphatic rings. The molecule has 2 aromatic carbocycles. The predicted octanol–water partition coefficient (Wildman–Crippen LogP) is 3.89. The number of amides is 3. The molecular weight excluding hydrogens is 409 g/mol. The Labute approximate surface area is 177 Å². The van der Waals surface area contributed by atoms with Crippen molar-refractivity contribution >= 4 is 40.7 Å². The number of benzene rings is 2. The number of nitrogens with one attached hydrogen (secondary N) is 1. The number of likely N-dealkylation sites (tertiary alicyclic amines) is 1. The van der Waals surface area contributed by atoms with Crippen LogP contribution in [0.3, 0.4) is 0 Å². The fourth-order valence-corrected chi connectivity index (χ4v) is 3.77. The van der Waals surface area contributed by atoms with Gasteiger partial charge in [-0.05, 0) is 67.8 Å². The molecule has 0 aromatic heterocycles. The largest absolute Gasteiger partial charge is 0.350 e. The number of imide groups is 1. The molecule has 154 valence electrons. The summed E-state index contributed by atoms with van der Waals surface area (Å²) in [6.07, 6.45) is 3.17. The van der Waals surface area contributed by atoms with Crippen LogP contribution in [0.15, 0.2) is 59.3 Å². The van der Waals surface area contributed by atoms with E-state index in [2.05, 4.69) is 5.32 Å². The molecule has 1 fully saturated rings. The first kappa shape index (κ1) is 20.1. The number of piperidine rings is 1. The SMILES string of the molecule is O=C(c1ccc(NC2=C(Cl)C(=O)N(c3ccc(F)cc3)C2=O)cc1)N1CCCCC1. The number of carbonyl (C=O) groups excluding carboxylic acids is 3. The van der Waals surface area contributed by atoms with Gasteiger partial charge in [0.1, 0.15) is 16.5 Å². The first-order valence-electron chi connectivity index (χ1n) is 9.66. The van der Waals surface area contributed by atoms with E-state index in [1.54, 1.807) is 24.3 Å². The molecule has 4 rings (SSSR count). The Bertz CT molecular complexity index is 1030. The van der Waals surface area contributed by atoms with Crippen LogP contribution in [0.4, 0.5) is 15.8 Å². The highest BCUT2D eigenvalue weighted by Gasteiger charge is 2.39. The van der Waals surface area contributed by atoms with E-state index < -0.39 is 17.6 Å². The third-order valence-corrected chi connectivity index (χ3v) is 5.51. The fraction of sp³-hybridized carbons (Fsp3) is 0.227. The van der Waals surface area contributed by atoms with Gasteiger partial charge in [0.2, 0.25) is 0 Å². The molecule has 1 N–H and O–H groups in total. The summed E-state index contributed by atoms with van der Waals surface area (Å²) < 4.78 is 13.2. The standard InChI is InChI=1S/C22H19ClFN3O3/c23-18-19(22(30)27(21(18)29)17-10-6-15(24)7-11-17)25-16-8-4-14(5-9-16)20(28)26-12-2-1-3-13-26/h4-11,25H,1-3,12-13H2.